The first kappa shape index (κ1) is 27.6. The molecule has 0 nitrogen and oxygen atoms in total. The summed E-state index contributed by atoms with van der Waals surface area (Å²) in [6, 6.07) is 53.6. The third-order valence-electron chi connectivity index (χ3n) is 10.8. The molecule has 0 unspecified atom stereocenters. The highest BCUT2D eigenvalue weighted by molar-refractivity contribution is 6.14. The van der Waals surface area contributed by atoms with E-state index < -0.39 is 0 Å². The number of benzene rings is 10. The second-order valence-corrected chi connectivity index (χ2v) is 14.1. The number of hydrogen-bond acceptors (Lipinski definition) is 0. The minimum atomic E-state index is 1.17. The molecule has 0 N–H and O–H groups in total. The van der Waals surface area contributed by atoms with Crippen molar-refractivity contribution in [2.75, 3.05) is 0 Å². The van der Waals surface area contributed by atoms with Crippen LogP contribution in [0.5, 0.6) is 0 Å². The summed E-state index contributed by atoms with van der Waals surface area (Å²) in [6.45, 7) is 2.28. The molecule has 0 spiro atoms. The molecule has 0 heterocycles. The standard InChI is InChI=1S/C48H36/c1-2-3-4-5-8-30-11-12-33-16-37-20-41-24-45-28-47-26-43-22-39-18-35-14-31-9-6-7-10-32(31)15-36(35)19-40(39)23-44(43)27-48(47)29-46(45)25-42(41)21-38(37)17-34(33)13-30/h6-7,9-29H,2-5,8H2,1H3. The Bertz CT molecular complexity index is 2930. The van der Waals surface area contributed by atoms with Gasteiger partial charge in [-0.15, -0.1) is 0 Å². The van der Waals surface area contributed by atoms with Crippen LogP contribution in [0, 0.1) is 0 Å². The second kappa shape index (κ2) is 10.8. The zero-order valence-electron chi connectivity index (χ0n) is 27.3. The van der Waals surface area contributed by atoms with Crippen molar-refractivity contribution in [2.24, 2.45) is 0 Å². The van der Waals surface area contributed by atoms with Gasteiger partial charge in [0.1, 0.15) is 0 Å². The van der Waals surface area contributed by atoms with E-state index in [1.807, 2.05) is 0 Å². The Labute approximate surface area is 280 Å². The summed E-state index contributed by atoms with van der Waals surface area (Å²) in [5.41, 5.74) is 1.46. The fraction of sp³-hybridized carbons (Fsp3) is 0.125. The van der Waals surface area contributed by atoms with Gasteiger partial charge in [0, 0.05) is 0 Å². The van der Waals surface area contributed by atoms with E-state index in [9.17, 15) is 0 Å². The minimum absolute atomic E-state index is 1.17. The fourth-order valence-corrected chi connectivity index (χ4v) is 8.16. The highest BCUT2D eigenvalue weighted by atomic mass is 14.1. The van der Waals surface area contributed by atoms with E-state index in [2.05, 4.69) is 146 Å². The maximum atomic E-state index is 2.41. The third-order valence-corrected chi connectivity index (χ3v) is 10.8. The van der Waals surface area contributed by atoms with Gasteiger partial charge in [-0.05, 0) is 212 Å². The van der Waals surface area contributed by atoms with Crippen molar-refractivity contribution in [3.8, 4) is 0 Å². The number of aryl methyl sites for hydroxylation is 1. The lowest BCUT2D eigenvalue weighted by Gasteiger charge is -2.11. The summed E-state index contributed by atoms with van der Waals surface area (Å²) in [5, 5.41) is 23.4. The normalized spacial score (nSPS) is 12.3. The Hall–Kier alpha value is -5.46. The summed E-state index contributed by atoms with van der Waals surface area (Å²) in [6.07, 6.45) is 6.39. The quantitative estimate of drug-likeness (QED) is 0.134. The number of unbranched alkanes of at least 4 members (excludes halogenated alkanes) is 3. The van der Waals surface area contributed by atoms with Crippen molar-refractivity contribution >= 4 is 97.0 Å². The van der Waals surface area contributed by atoms with Gasteiger partial charge in [-0.3, -0.25) is 0 Å². The van der Waals surface area contributed by atoms with Crippen molar-refractivity contribution in [2.45, 2.75) is 39.0 Å². The fourth-order valence-electron chi connectivity index (χ4n) is 8.16. The van der Waals surface area contributed by atoms with Crippen LogP contribution in [0.3, 0.4) is 0 Å². The van der Waals surface area contributed by atoms with Crippen LogP contribution in [0.15, 0.2) is 140 Å². The molecule has 0 aliphatic heterocycles. The van der Waals surface area contributed by atoms with E-state index in [-0.39, 0.29) is 0 Å². The molecule has 0 aromatic heterocycles. The van der Waals surface area contributed by atoms with Gasteiger partial charge in [-0.1, -0.05) is 68.7 Å². The zero-order valence-corrected chi connectivity index (χ0v) is 27.3. The lowest BCUT2D eigenvalue weighted by molar-refractivity contribution is 0.667. The van der Waals surface area contributed by atoms with Gasteiger partial charge in [0.25, 0.3) is 0 Å². The molecule has 0 radical (unpaired) electrons. The summed E-state index contributed by atoms with van der Waals surface area (Å²) in [7, 11) is 0. The first-order chi connectivity index (χ1) is 23.6. The van der Waals surface area contributed by atoms with E-state index in [1.165, 1.54) is 135 Å². The number of hydrogen-bond donors (Lipinski definition) is 0. The SMILES string of the molecule is CCCCCCc1ccc2cc3cc4cc5cc6cc7cc8cc9cc%10ccccc%10cc9cc8cc7cc6cc5cc4cc3cc2c1. The molecule has 0 aliphatic carbocycles. The molecule has 0 fully saturated rings. The molecular formula is C48H36. The molecule has 228 valence electrons. The van der Waals surface area contributed by atoms with Crippen molar-refractivity contribution in [3.05, 3.63) is 145 Å². The van der Waals surface area contributed by atoms with E-state index in [1.54, 1.807) is 0 Å². The molecule has 0 amide bonds. The van der Waals surface area contributed by atoms with Gasteiger partial charge in [0.2, 0.25) is 0 Å². The lowest BCUT2D eigenvalue weighted by atomic mass is 9.93. The van der Waals surface area contributed by atoms with E-state index >= 15 is 0 Å². The minimum Gasteiger partial charge on any atom is -0.0654 e. The topological polar surface area (TPSA) is 0 Å². The average molecular weight is 613 g/mol. The highest BCUT2D eigenvalue weighted by Crippen LogP contribution is 2.35. The summed E-state index contributed by atoms with van der Waals surface area (Å²) < 4.78 is 0. The summed E-state index contributed by atoms with van der Waals surface area (Å²) in [5.74, 6) is 0. The maximum absolute atomic E-state index is 2.41. The first-order valence-electron chi connectivity index (χ1n) is 17.6. The number of rotatable bonds is 5. The van der Waals surface area contributed by atoms with Crippen molar-refractivity contribution in [1.29, 1.82) is 0 Å². The van der Waals surface area contributed by atoms with Gasteiger partial charge in [-0.25, -0.2) is 0 Å². The Morgan fingerprint density at radius 1 is 0.271 bits per heavy atom. The van der Waals surface area contributed by atoms with Crippen LogP contribution in [0.4, 0.5) is 0 Å². The van der Waals surface area contributed by atoms with Gasteiger partial charge >= 0.3 is 0 Å². The van der Waals surface area contributed by atoms with E-state index in [0.717, 1.165) is 0 Å². The van der Waals surface area contributed by atoms with Crippen molar-refractivity contribution in [1.82, 2.24) is 0 Å². The molecule has 0 aliphatic rings. The molecule has 0 atom stereocenters. The van der Waals surface area contributed by atoms with Crippen molar-refractivity contribution in [3.63, 3.8) is 0 Å². The monoisotopic (exact) mass is 612 g/mol. The molecule has 10 aromatic carbocycles. The van der Waals surface area contributed by atoms with Crippen molar-refractivity contribution < 1.29 is 0 Å². The Balaban J connectivity index is 1.08. The molecule has 0 saturated carbocycles. The van der Waals surface area contributed by atoms with Crippen LogP contribution >= 0.6 is 0 Å². The average Bonchev–Trinajstić information content (AvgIpc) is 3.10. The van der Waals surface area contributed by atoms with E-state index in [0.29, 0.717) is 0 Å². The third kappa shape index (κ3) is 4.67. The van der Waals surface area contributed by atoms with Crippen LogP contribution in [0.25, 0.3) is 97.0 Å². The van der Waals surface area contributed by atoms with Crippen LogP contribution in [-0.2, 0) is 6.42 Å². The molecular weight excluding hydrogens is 577 g/mol. The molecule has 0 saturated heterocycles. The molecule has 10 rings (SSSR count). The highest BCUT2D eigenvalue weighted by Gasteiger charge is 2.09. The van der Waals surface area contributed by atoms with Crippen LogP contribution < -0.4 is 0 Å². The van der Waals surface area contributed by atoms with Crippen LogP contribution in [-0.4, -0.2) is 0 Å². The molecule has 10 aromatic rings. The lowest BCUT2D eigenvalue weighted by Crippen LogP contribution is -1.87. The predicted octanol–water partition coefficient (Wildman–Crippen LogP) is 14.2. The second-order valence-electron chi connectivity index (χ2n) is 14.1. The largest absolute Gasteiger partial charge is 0.0654 e. The van der Waals surface area contributed by atoms with Gasteiger partial charge in [0.15, 0.2) is 0 Å². The predicted molar refractivity (Wildman–Crippen MR) is 212 cm³/mol. The number of fused-ring (bicyclic) bond motifs is 9. The van der Waals surface area contributed by atoms with Crippen LogP contribution in [0.2, 0.25) is 0 Å². The zero-order chi connectivity index (χ0) is 31.8. The Kier molecular flexibility index (Phi) is 6.21. The van der Waals surface area contributed by atoms with Gasteiger partial charge in [-0.2, -0.15) is 0 Å². The molecule has 48 heavy (non-hydrogen) atoms. The molecule has 0 heteroatoms. The van der Waals surface area contributed by atoms with E-state index in [4.69, 9.17) is 0 Å². The summed E-state index contributed by atoms with van der Waals surface area (Å²) >= 11 is 0. The maximum Gasteiger partial charge on any atom is -0.0171 e. The smallest absolute Gasteiger partial charge is 0.0171 e. The molecule has 0 bridgehead atoms. The van der Waals surface area contributed by atoms with Crippen LogP contribution in [0.1, 0.15) is 38.2 Å². The Morgan fingerprint density at radius 2 is 0.562 bits per heavy atom. The first-order valence-corrected chi connectivity index (χ1v) is 17.6. The Morgan fingerprint density at radius 3 is 0.896 bits per heavy atom. The summed E-state index contributed by atoms with van der Waals surface area (Å²) in [4.78, 5) is 0. The van der Waals surface area contributed by atoms with Gasteiger partial charge in [0.05, 0.1) is 0 Å². The van der Waals surface area contributed by atoms with Gasteiger partial charge < -0.3 is 0 Å².